The number of nitrogens with two attached hydrogens (primary N) is 1. The zero-order valence-electron chi connectivity index (χ0n) is 12.3. The number of rotatable bonds is 4. The second-order valence-electron chi connectivity index (χ2n) is 4.68. The highest BCUT2D eigenvalue weighted by Crippen LogP contribution is 2.17. The summed E-state index contributed by atoms with van der Waals surface area (Å²) in [5.74, 6) is 2.48. The van der Waals surface area contributed by atoms with Gasteiger partial charge in [0.2, 0.25) is 5.88 Å². The summed E-state index contributed by atoms with van der Waals surface area (Å²) < 4.78 is 40.6. The van der Waals surface area contributed by atoms with Crippen molar-refractivity contribution in [1.82, 2.24) is 9.88 Å². The fourth-order valence-corrected chi connectivity index (χ4v) is 2.71. The van der Waals surface area contributed by atoms with Gasteiger partial charge in [-0.15, -0.1) is 24.0 Å². The number of aliphatic imine (C=N–C) groups is 1. The van der Waals surface area contributed by atoms with Crippen LogP contribution in [0.2, 0.25) is 0 Å². The molecule has 130 valence electrons. The van der Waals surface area contributed by atoms with Crippen LogP contribution in [0, 0.1) is 0 Å². The molecular formula is C13H18F3IN4OS. The maximum absolute atomic E-state index is 12.0. The number of hydrogen-bond donors (Lipinski definition) is 1. The Bertz CT molecular complexity index is 507. The fraction of sp³-hybridized carbons (Fsp3) is 0.538. The summed E-state index contributed by atoms with van der Waals surface area (Å²) in [7, 11) is 0. The van der Waals surface area contributed by atoms with E-state index in [0.717, 1.165) is 30.2 Å². The van der Waals surface area contributed by atoms with Gasteiger partial charge in [0.1, 0.15) is 0 Å². The number of ether oxygens (including phenoxy) is 1. The lowest BCUT2D eigenvalue weighted by Crippen LogP contribution is -2.42. The number of alkyl halides is 3. The van der Waals surface area contributed by atoms with E-state index in [1.54, 1.807) is 6.07 Å². The van der Waals surface area contributed by atoms with Gasteiger partial charge in [0.25, 0.3) is 0 Å². The second-order valence-corrected chi connectivity index (χ2v) is 5.91. The first-order valence-corrected chi connectivity index (χ1v) is 7.86. The largest absolute Gasteiger partial charge is 0.468 e. The van der Waals surface area contributed by atoms with Gasteiger partial charge in [-0.2, -0.15) is 24.9 Å². The molecule has 0 bridgehead atoms. The normalized spacial score (nSPS) is 16.0. The number of aromatic nitrogens is 1. The van der Waals surface area contributed by atoms with E-state index in [-0.39, 0.29) is 29.9 Å². The molecule has 2 rings (SSSR count). The van der Waals surface area contributed by atoms with E-state index in [9.17, 15) is 13.2 Å². The van der Waals surface area contributed by atoms with Crippen molar-refractivity contribution < 1.29 is 17.9 Å². The minimum absolute atomic E-state index is 0. The van der Waals surface area contributed by atoms with Crippen molar-refractivity contribution in [3.05, 3.63) is 23.9 Å². The van der Waals surface area contributed by atoms with Crippen molar-refractivity contribution >= 4 is 41.7 Å². The minimum Gasteiger partial charge on any atom is -0.468 e. The van der Waals surface area contributed by atoms with Crippen LogP contribution in [0.3, 0.4) is 0 Å². The monoisotopic (exact) mass is 462 g/mol. The Morgan fingerprint density at radius 2 is 2.04 bits per heavy atom. The minimum atomic E-state index is -4.37. The topological polar surface area (TPSA) is 63.7 Å². The third-order valence-electron chi connectivity index (χ3n) is 2.94. The van der Waals surface area contributed by atoms with E-state index in [1.807, 2.05) is 16.7 Å². The lowest BCUT2D eigenvalue weighted by molar-refractivity contribution is -0.154. The molecule has 1 aromatic heterocycles. The van der Waals surface area contributed by atoms with Crippen molar-refractivity contribution in [3.63, 3.8) is 0 Å². The molecule has 23 heavy (non-hydrogen) atoms. The van der Waals surface area contributed by atoms with Crippen LogP contribution >= 0.6 is 35.7 Å². The summed E-state index contributed by atoms with van der Waals surface area (Å²) >= 11 is 1.88. The summed E-state index contributed by atoms with van der Waals surface area (Å²) in [5, 5.41) is 0. The van der Waals surface area contributed by atoms with Crippen LogP contribution in [0.15, 0.2) is 23.3 Å². The summed E-state index contributed by atoms with van der Waals surface area (Å²) in [6.07, 6.45) is -2.93. The Labute approximate surface area is 153 Å². The first-order chi connectivity index (χ1) is 10.4. The van der Waals surface area contributed by atoms with E-state index < -0.39 is 12.8 Å². The molecule has 0 aromatic carbocycles. The third kappa shape index (κ3) is 7.46. The highest BCUT2D eigenvalue weighted by molar-refractivity contribution is 14.0. The predicted octanol–water partition coefficient (Wildman–Crippen LogP) is 2.50. The molecule has 5 nitrogen and oxygen atoms in total. The van der Waals surface area contributed by atoms with Gasteiger partial charge in [-0.05, 0) is 5.56 Å². The smallest absolute Gasteiger partial charge is 0.422 e. The van der Waals surface area contributed by atoms with E-state index in [2.05, 4.69) is 14.7 Å². The van der Waals surface area contributed by atoms with Gasteiger partial charge >= 0.3 is 6.18 Å². The number of nitrogens with zero attached hydrogens (tertiary/aromatic N) is 3. The average molecular weight is 462 g/mol. The van der Waals surface area contributed by atoms with Crippen LogP contribution in [0.5, 0.6) is 5.88 Å². The van der Waals surface area contributed by atoms with Crippen LogP contribution in [-0.4, -0.2) is 53.2 Å². The molecule has 0 amide bonds. The van der Waals surface area contributed by atoms with Gasteiger partial charge < -0.3 is 15.4 Å². The van der Waals surface area contributed by atoms with Gasteiger partial charge in [-0.25, -0.2) is 9.98 Å². The zero-order chi connectivity index (χ0) is 16.0. The maximum atomic E-state index is 12.0. The average Bonchev–Trinajstić information content (AvgIpc) is 2.52. The molecule has 1 fully saturated rings. The van der Waals surface area contributed by atoms with Crippen LogP contribution in [0.4, 0.5) is 13.2 Å². The SMILES string of the molecule is I.NC(=NCc1ccc(OCC(F)(F)F)nc1)N1CCSCC1. The highest BCUT2D eigenvalue weighted by Gasteiger charge is 2.28. The number of guanidine groups is 1. The van der Waals surface area contributed by atoms with Crippen molar-refractivity contribution in [3.8, 4) is 5.88 Å². The number of hydrogen-bond acceptors (Lipinski definition) is 4. The fourth-order valence-electron chi connectivity index (χ4n) is 1.81. The zero-order valence-corrected chi connectivity index (χ0v) is 15.4. The third-order valence-corrected chi connectivity index (χ3v) is 3.88. The lowest BCUT2D eigenvalue weighted by atomic mass is 10.3. The molecule has 1 aromatic rings. The number of halogens is 4. The van der Waals surface area contributed by atoms with Gasteiger partial charge in [-0.1, -0.05) is 6.07 Å². The quantitative estimate of drug-likeness (QED) is 0.424. The molecule has 0 aliphatic carbocycles. The summed E-state index contributed by atoms with van der Waals surface area (Å²) in [4.78, 5) is 10.1. The number of thioether (sulfide) groups is 1. The van der Waals surface area contributed by atoms with Crippen LogP contribution in [0.25, 0.3) is 0 Å². The Kier molecular flexibility index (Phi) is 8.23. The summed E-state index contributed by atoms with van der Waals surface area (Å²) in [6.45, 7) is 0.740. The molecule has 0 saturated carbocycles. The molecule has 0 spiro atoms. The van der Waals surface area contributed by atoms with Crippen LogP contribution in [-0.2, 0) is 6.54 Å². The first-order valence-electron chi connectivity index (χ1n) is 6.71. The Balaban J connectivity index is 0.00000264. The molecule has 2 N–H and O–H groups in total. The highest BCUT2D eigenvalue weighted by atomic mass is 127. The van der Waals surface area contributed by atoms with E-state index in [4.69, 9.17) is 5.73 Å². The molecule has 1 saturated heterocycles. The molecular weight excluding hydrogens is 444 g/mol. The predicted molar refractivity (Wildman–Crippen MR) is 95.4 cm³/mol. The Hall–Kier alpha value is -0.910. The maximum Gasteiger partial charge on any atom is 0.422 e. The van der Waals surface area contributed by atoms with E-state index in [1.165, 1.54) is 12.3 Å². The van der Waals surface area contributed by atoms with Gasteiger partial charge in [0, 0.05) is 36.9 Å². The van der Waals surface area contributed by atoms with Crippen molar-refractivity contribution in [2.24, 2.45) is 10.7 Å². The van der Waals surface area contributed by atoms with Crippen molar-refractivity contribution in [2.45, 2.75) is 12.7 Å². The molecule has 0 atom stereocenters. The second kappa shape index (κ2) is 9.40. The van der Waals surface area contributed by atoms with Gasteiger partial charge in [0.05, 0.1) is 6.54 Å². The van der Waals surface area contributed by atoms with Crippen molar-refractivity contribution in [1.29, 1.82) is 0 Å². The molecule has 0 radical (unpaired) electrons. The van der Waals surface area contributed by atoms with E-state index >= 15 is 0 Å². The molecule has 10 heteroatoms. The number of pyridine rings is 1. The Morgan fingerprint density at radius 1 is 1.35 bits per heavy atom. The summed E-state index contributed by atoms with van der Waals surface area (Å²) in [5.41, 5.74) is 6.68. The summed E-state index contributed by atoms with van der Waals surface area (Å²) in [6, 6.07) is 3.02. The van der Waals surface area contributed by atoms with E-state index in [0.29, 0.717) is 12.5 Å². The van der Waals surface area contributed by atoms with Crippen molar-refractivity contribution in [2.75, 3.05) is 31.2 Å². The molecule has 2 heterocycles. The van der Waals surface area contributed by atoms with Crippen LogP contribution in [0.1, 0.15) is 5.56 Å². The van der Waals surface area contributed by atoms with Gasteiger partial charge in [0.15, 0.2) is 12.6 Å². The Morgan fingerprint density at radius 3 is 2.61 bits per heavy atom. The van der Waals surface area contributed by atoms with Gasteiger partial charge in [-0.3, -0.25) is 0 Å². The van der Waals surface area contributed by atoms with Crippen LogP contribution < -0.4 is 10.5 Å². The standard InChI is InChI=1S/C13H17F3N4OS.HI/c14-13(15,16)9-21-11-2-1-10(7-18-11)8-19-12(17)20-3-5-22-6-4-20;/h1-2,7H,3-6,8-9H2,(H2,17,19);1H. The first kappa shape index (κ1) is 20.1. The molecule has 1 aliphatic heterocycles. The lowest BCUT2D eigenvalue weighted by Gasteiger charge is -2.27. The molecule has 0 unspecified atom stereocenters. The molecule has 1 aliphatic rings.